The van der Waals surface area contributed by atoms with Crippen LogP contribution in [0.1, 0.15) is 22.6 Å². The molecule has 2 aromatic rings. The third-order valence-corrected chi connectivity index (χ3v) is 5.04. The van der Waals surface area contributed by atoms with Crippen molar-refractivity contribution in [1.82, 2.24) is 0 Å². The summed E-state index contributed by atoms with van der Waals surface area (Å²) in [5.41, 5.74) is 2.27. The van der Waals surface area contributed by atoms with Crippen LogP contribution in [0.25, 0.3) is 0 Å². The summed E-state index contributed by atoms with van der Waals surface area (Å²) in [6.45, 7) is 0.261. The number of hydrogen-bond donors (Lipinski definition) is 4. The monoisotopic (exact) mass is 328 g/mol. The molecule has 124 valence electrons. The molecule has 1 fully saturated rings. The number of phenols is 4. The Morgan fingerprint density at radius 3 is 2.38 bits per heavy atom. The lowest BCUT2D eigenvalue weighted by molar-refractivity contribution is -0.141. The first-order valence-electron chi connectivity index (χ1n) is 7.69. The average molecular weight is 328 g/mol. The van der Waals surface area contributed by atoms with Crippen molar-refractivity contribution in [3.63, 3.8) is 0 Å². The van der Waals surface area contributed by atoms with Crippen molar-refractivity contribution < 1.29 is 30.0 Å². The van der Waals surface area contributed by atoms with Gasteiger partial charge >= 0.3 is 5.97 Å². The van der Waals surface area contributed by atoms with Crippen molar-refractivity contribution >= 4 is 5.97 Å². The number of phenolic OH excluding ortho intramolecular Hbond substituents is 4. The van der Waals surface area contributed by atoms with Gasteiger partial charge in [-0.2, -0.15) is 0 Å². The number of aromatic hydroxyl groups is 4. The molecule has 3 atom stereocenters. The molecule has 1 aliphatic carbocycles. The number of esters is 1. The molecular formula is C18H16O6. The smallest absolute Gasteiger partial charge is 0.309 e. The first-order valence-corrected chi connectivity index (χ1v) is 7.69. The van der Waals surface area contributed by atoms with Crippen LogP contribution in [0.15, 0.2) is 30.3 Å². The van der Waals surface area contributed by atoms with Gasteiger partial charge < -0.3 is 25.2 Å². The van der Waals surface area contributed by atoms with E-state index in [9.17, 15) is 25.2 Å². The van der Waals surface area contributed by atoms with Gasteiger partial charge in [0.1, 0.15) is 0 Å². The Morgan fingerprint density at radius 2 is 1.62 bits per heavy atom. The van der Waals surface area contributed by atoms with Gasteiger partial charge in [-0.25, -0.2) is 0 Å². The second-order valence-corrected chi connectivity index (χ2v) is 6.37. The lowest BCUT2D eigenvalue weighted by Crippen LogP contribution is -2.30. The van der Waals surface area contributed by atoms with E-state index in [0.29, 0.717) is 12.0 Å². The molecule has 0 bridgehead atoms. The van der Waals surface area contributed by atoms with Gasteiger partial charge in [0.25, 0.3) is 0 Å². The van der Waals surface area contributed by atoms with E-state index >= 15 is 0 Å². The van der Waals surface area contributed by atoms with Crippen LogP contribution >= 0.6 is 0 Å². The van der Waals surface area contributed by atoms with E-state index in [1.165, 1.54) is 24.3 Å². The van der Waals surface area contributed by atoms with Gasteiger partial charge in [0, 0.05) is 11.8 Å². The van der Waals surface area contributed by atoms with Crippen molar-refractivity contribution in [2.75, 3.05) is 6.61 Å². The van der Waals surface area contributed by atoms with Crippen molar-refractivity contribution in [1.29, 1.82) is 0 Å². The largest absolute Gasteiger partial charge is 0.504 e. The zero-order valence-electron chi connectivity index (χ0n) is 12.6. The summed E-state index contributed by atoms with van der Waals surface area (Å²) >= 11 is 0. The molecule has 0 radical (unpaired) electrons. The summed E-state index contributed by atoms with van der Waals surface area (Å²) < 4.78 is 5.22. The molecule has 0 unspecified atom stereocenters. The number of cyclic esters (lactones) is 1. The predicted molar refractivity (Wildman–Crippen MR) is 83.0 cm³/mol. The number of hydrogen-bond acceptors (Lipinski definition) is 6. The highest BCUT2D eigenvalue weighted by atomic mass is 16.5. The number of benzene rings is 2. The Kier molecular flexibility index (Phi) is 3.09. The summed E-state index contributed by atoms with van der Waals surface area (Å²) in [5, 5.41) is 39.1. The van der Waals surface area contributed by atoms with Gasteiger partial charge in [-0.05, 0) is 47.4 Å². The number of fused-ring (bicyclic) bond motifs is 2. The second kappa shape index (κ2) is 5.06. The SMILES string of the molecule is O=C1OC[C@@H]2[C@H](c3ccc(O)c(O)c3)c3cc(O)c(O)cc3C[C@@H]12. The molecule has 4 rings (SSSR count). The minimum Gasteiger partial charge on any atom is -0.504 e. The van der Waals surface area contributed by atoms with Crippen LogP contribution in [0.5, 0.6) is 23.0 Å². The fraction of sp³-hybridized carbons (Fsp3) is 0.278. The maximum absolute atomic E-state index is 12.0. The Labute approximate surface area is 137 Å². The lowest BCUT2D eigenvalue weighted by Gasteiger charge is -2.33. The minimum absolute atomic E-state index is 0.127. The van der Waals surface area contributed by atoms with E-state index in [4.69, 9.17) is 4.74 Å². The molecule has 4 N–H and O–H groups in total. The van der Waals surface area contributed by atoms with Gasteiger partial charge in [0.05, 0.1) is 12.5 Å². The van der Waals surface area contributed by atoms with E-state index in [-0.39, 0.29) is 53.3 Å². The number of ether oxygens (including phenoxy) is 1. The van der Waals surface area contributed by atoms with E-state index in [1.54, 1.807) is 6.07 Å². The zero-order valence-corrected chi connectivity index (χ0v) is 12.6. The molecule has 2 aliphatic rings. The Balaban J connectivity index is 1.91. The normalized spacial score (nSPS) is 25.0. The third kappa shape index (κ3) is 2.06. The highest BCUT2D eigenvalue weighted by molar-refractivity contribution is 5.77. The number of carbonyl (C=O) groups excluding carboxylic acids is 1. The maximum atomic E-state index is 12.0. The van der Waals surface area contributed by atoms with Crippen LogP contribution in [0.4, 0.5) is 0 Å². The highest BCUT2D eigenvalue weighted by Crippen LogP contribution is 2.49. The first-order chi connectivity index (χ1) is 11.5. The van der Waals surface area contributed by atoms with Crippen molar-refractivity contribution in [2.24, 2.45) is 11.8 Å². The summed E-state index contributed by atoms with van der Waals surface area (Å²) in [7, 11) is 0. The Hall–Kier alpha value is -2.89. The predicted octanol–water partition coefficient (Wildman–Crippen LogP) is 1.99. The topological polar surface area (TPSA) is 107 Å². The maximum Gasteiger partial charge on any atom is 0.309 e. The molecule has 0 spiro atoms. The van der Waals surface area contributed by atoms with Crippen molar-refractivity contribution in [3.8, 4) is 23.0 Å². The van der Waals surface area contributed by atoms with Gasteiger partial charge in [-0.15, -0.1) is 0 Å². The minimum atomic E-state index is -0.331. The summed E-state index contributed by atoms with van der Waals surface area (Å²) in [6, 6.07) is 7.50. The molecule has 6 heteroatoms. The fourth-order valence-corrected chi connectivity index (χ4v) is 3.87. The van der Waals surface area contributed by atoms with Crippen LogP contribution in [0, 0.1) is 11.8 Å². The van der Waals surface area contributed by atoms with Gasteiger partial charge in [0.2, 0.25) is 0 Å². The molecule has 1 saturated heterocycles. The molecule has 0 aromatic heterocycles. The number of carbonyl (C=O) groups is 1. The summed E-state index contributed by atoms with van der Waals surface area (Å²) in [5.74, 6) is -1.95. The molecule has 0 saturated carbocycles. The van der Waals surface area contributed by atoms with Crippen LogP contribution < -0.4 is 0 Å². The quantitative estimate of drug-likeness (QED) is 0.471. The highest BCUT2D eigenvalue weighted by Gasteiger charge is 2.47. The van der Waals surface area contributed by atoms with Crippen LogP contribution in [-0.2, 0) is 16.0 Å². The molecular weight excluding hydrogens is 312 g/mol. The van der Waals surface area contributed by atoms with Crippen molar-refractivity contribution in [3.05, 3.63) is 47.0 Å². The fourth-order valence-electron chi connectivity index (χ4n) is 3.87. The molecule has 0 amide bonds. The van der Waals surface area contributed by atoms with E-state index in [1.807, 2.05) is 0 Å². The zero-order chi connectivity index (χ0) is 17.0. The summed E-state index contributed by atoms with van der Waals surface area (Å²) in [6.07, 6.45) is 0.438. The summed E-state index contributed by atoms with van der Waals surface area (Å²) in [4.78, 5) is 12.0. The molecule has 6 nitrogen and oxygen atoms in total. The van der Waals surface area contributed by atoms with Crippen LogP contribution in [0.2, 0.25) is 0 Å². The van der Waals surface area contributed by atoms with E-state index in [0.717, 1.165) is 11.1 Å². The first kappa shape index (κ1) is 14.7. The Bertz CT molecular complexity index is 844. The third-order valence-electron chi connectivity index (χ3n) is 5.04. The van der Waals surface area contributed by atoms with Gasteiger partial charge in [0.15, 0.2) is 23.0 Å². The Morgan fingerprint density at radius 1 is 0.917 bits per heavy atom. The number of rotatable bonds is 1. The van der Waals surface area contributed by atoms with Crippen molar-refractivity contribution in [2.45, 2.75) is 12.3 Å². The van der Waals surface area contributed by atoms with Gasteiger partial charge in [-0.3, -0.25) is 4.79 Å². The standard InChI is InChI=1S/C18H16O6/c19-13-2-1-8(4-14(13)20)17-10-6-16(22)15(21)5-9(10)3-11-12(17)7-24-18(11)23/h1-2,4-6,11-12,17,19-22H,3,7H2/t11-,12+,17-/m1/s1. The molecule has 1 heterocycles. The van der Waals surface area contributed by atoms with Gasteiger partial charge in [-0.1, -0.05) is 6.07 Å². The molecule has 1 aliphatic heterocycles. The van der Waals surface area contributed by atoms with Crippen LogP contribution in [0.3, 0.4) is 0 Å². The van der Waals surface area contributed by atoms with E-state index < -0.39 is 0 Å². The molecule has 24 heavy (non-hydrogen) atoms. The lowest BCUT2D eigenvalue weighted by atomic mass is 9.67. The average Bonchev–Trinajstić information content (AvgIpc) is 2.90. The second-order valence-electron chi connectivity index (χ2n) is 6.37. The van der Waals surface area contributed by atoms with Crippen LogP contribution in [-0.4, -0.2) is 33.0 Å². The molecule has 2 aromatic carbocycles. The van der Waals surface area contributed by atoms with E-state index in [2.05, 4.69) is 0 Å².